The molecule has 0 aliphatic carbocycles. The summed E-state index contributed by atoms with van der Waals surface area (Å²) < 4.78 is 77.6. The average molecular weight is 305 g/mol. The van der Waals surface area contributed by atoms with E-state index in [4.69, 9.17) is 0 Å². The quantitative estimate of drug-likeness (QED) is 0.638. The van der Waals surface area contributed by atoms with Crippen molar-refractivity contribution in [1.29, 1.82) is 0 Å². The number of hydrogen-bond donors (Lipinski definition) is 1. The minimum Gasteiger partial charge on any atom is -0.378 e. The second kappa shape index (κ2) is 5.67. The first-order valence-electron chi connectivity index (χ1n) is 5.82. The Hall–Kier alpha value is -2.18. The molecule has 1 N–H and O–H groups in total. The first kappa shape index (κ1) is 15.2. The number of anilines is 1. The zero-order chi connectivity index (χ0) is 15.6. The van der Waals surface area contributed by atoms with Crippen molar-refractivity contribution < 1.29 is 26.3 Å². The summed E-state index contributed by atoms with van der Waals surface area (Å²) in [5.41, 5.74) is -1.59. The van der Waals surface area contributed by atoms with Crippen molar-refractivity contribution >= 4 is 5.69 Å². The summed E-state index contributed by atoms with van der Waals surface area (Å²) in [5, 5.41) is 2.27. The van der Waals surface area contributed by atoms with Crippen LogP contribution in [0.5, 0.6) is 0 Å². The molecule has 0 amide bonds. The summed E-state index contributed by atoms with van der Waals surface area (Å²) >= 11 is 0. The molecule has 0 spiro atoms. The van der Waals surface area contributed by atoms with Gasteiger partial charge in [-0.1, -0.05) is 18.2 Å². The lowest BCUT2D eigenvalue weighted by molar-refractivity contribution is -0.138. The lowest BCUT2D eigenvalue weighted by atomic mass is 10.1. The highest BCUT2D eigenvalue weighted by atomic mass is 19.4. The first-order chi connectivity index (χ1) is 9.79. The average Bonchev–Trinajstić information content (AvgIpc) is 2.40. The zero-order valence-electron chi connectivity index (χ0n) is 10.4. The van der Waals surface area contributed by atoms with Crippen LogP contribution in [0.25, 0.3) is 0 Å². The van der Waals surface area contributed by atoms with Crippen LogP contribution in [0.1, 0.15) is 11.1 Å². The second-order valence-corrected chi connectivity index (χ2v) is 4.26. The van der Waals surface area contributed by atoms with E-state index < -0.39 is 41.4 Å². The van der Waals surface area contributed by atoms with E-state index in [0.717, 1.165) is 6.07 Å². The molecule has 7 heteroatoms. The van der Waals surface area contributed by atoms with Gasteiger partial charge in [-0.05, 0) is 11.6 Å². The molecule has 0 bridgehead atoms. The highest BCUT2D eigenvalue weighted by Crippen LogP contribution is 2.32. The molecule has 21 heavy (non-hydrogen) atoms. The van der Waals surface area contributed by atoms with E-state index in [1.165, 1.54) is 18.2 Å². The maximum Gasteiger partial charge on any atom is 0.416 e. The Bertz CT molecular complexity index is 650. The molecule has 0 saturated carbocycles. The molecule has 0 aromatic heterocycles. The fourth-order valence-electron chi connectivity index (χ4n) is 1.83. The molecule has 0 unspecified atom stereocenters. The molecule has 0 radical (unpaired) electrons. The first-order valence-corrected chi connectivity index (χ1v) is 5.82. The Kier molecular flexibility index (Phi) is 4.11. The molecule has 0 fully saturated rings. The van der Waals surface area contributed by atoms with Gasteiger partial charge in [0.15, 0.2) is 11.6 Å². The van der Waals surface area contributed by atoms with Gasteiger partial charge in [-0.25, -0.2) is 13.2 Å². The standard InChI is InChI=1S/C14H9F6N/c15-9-5-11(16)13(17)12(6-9)21-7-8-3-1-2-4-10(8)14(18,19)20/h1-6,21H,7H2. The van der Waals surface area contributed by atoms with Crippen LogP contribution < -0.4 is 5.32 Å². The van der Waals surface area contributed by atoms with Gasteiger partial charge in [0.05, 0.1) is 11.3 Å². The molecule has 2 aromatic carbocycles. The van der Waals surface area contributed by atoms with Gasteiger partial charge in [0.2, 0.25) is 0 Å². The third-order valence-corrected chi connectivity index (χ3v) is 2.79. The van der Waals surface area contributed by atoms with E-state index in [1.54, 1.807) is 0 Å². The van der Waals surface area contributed by atoms with Crippen LogP contribution in [-0.2, 0) is 12.7 Å². The van der Waals surface area contributed by atoms with Gasteiger partial charge >= 0.3 is 6.18 Å². The number of rotatable bonds is 3. The van der Waals surface area contributed by atoms with E-state index >= 15 is 0 Å². The molecular formula is C14H9F6N. The molecule has 0 aliphatic heterocycles. The summed E-state index contributed by atoms with van der Waals surface area (Å²) in [6.45, 7) is -0.421. The Balaban J connectivity index is 2.26. The Morgan fingerprint density at radius 2 is 1.62 bits per heavy atom. The Labute approximate surface area is 116 Å². The topological polar surface area (TPSA) is 12.0 Å². The van der Waals surface area contributed by atoms with Gasteiger partial charge in [-0.3, -0.25) is 0 Å². The van der Waals surface area contributed by atoms with Crippen LogP contribution >= 0.6 is 0 Å². The van der Waals surface area contributed by atoms with Crippen LogP contribution in [0.3, 0.4) is 0 Å². The van der Waals surface area contributed by atoms with Crippen molar-refractivity contribution in [1.82, 2.24) is 0 Å². The van der Waals surface area contributed by atoms with Crippen molar-refractivity contribution in [2.24, 2.45) is 0 Å². The lowest BCUT2D eigenvalue weighted by Crippen LogP contribution is -2.12. The summed E-state index contributed by atoms with van der Waals surface area (Å²) in [6, 6.07) is 5.70. The minimum absolute atomic E-state index is 0.158. The maximum atomic E-state index is 13.4. The van der Waals surface area contributed by atoms with Gasteiger partial charge in [0, 0.05) is 18.7 Å². The fraction of sp³-hybridized carbons (Fsp3) is 0.143. The minimum atomic E-state index is -4.57. The Morgan fingerprint density at radius 1 is 0.952 bits per heavy atom. The largest absolute Gasteiger partial charge is 0.416 e. The van der Waals surface area contributed by atoms with Crippen molar-refractivity contribution in [2.75, 3.05) is 5.32 Å². The van der Waals surface area contributed by atoms with Gasteiger partial charge in [-0.2, -0.15) is 13.2 Å². The maximum absolute atomic E-state index is 13.4. The van der Waals surface area contributed by atoms with Gasteiger partial charge in [0.25, 0.3) is 0 Å². The number of hydrogen-bond acceptors (Lipinski definition) is 1. The summed E-state index contributed by atoms with van der Waals surface area (Å²) in [4.78, 5) is 0. The summed E-state index contributed by atoms with van der Waals surface area (Å²) in [5.74, 6) is -3.79. The van der Waals surface area contributed by atoms with Crippen molar-refractivity contribution in [3.63, 3.8) is 0 Å². The van der Waals surface area contributed by atoms with Crippen molar-refractivity contribution in [2.45, 2.75) is 12.7 Å². The Morgan fingerprint density at radius 3 is 2.29 bits per heavy atom. The van der Waals surface area contributed by atoms with E-state index in [1.807, 2.05) is 0 Å². The predicted molar refractivity (Wildman–Crippen MR) is 65.1 cm³/mol. The zero-order valence-corrected chi connectivity index (χ0v) is 10.4. The molecule has 1 nitrogen and oxygen atoms in total. The number of benzene rings is 2. The third kappa shape index (κ3) is 3.48. The molecule has 0 aliphatic rings. The number of halogens is 6. The van der Waals surface area contributed by atoms with E-state index in [-0.39, 0.29) is 5.56 Å². The van der Waals surface area contributed by atoms with Gasteiger partial charge < -0.3 is 5.32 Å². The predicted octanol–water partition coefficient (Wildman–Crippen LogP) is 4.73. The van der Waals surface area contributed by atoms with E-state index in [9.17, 15) is 26.3 Å². The van der Waals surface area contributed by atoms with Crippen LogP contribution in [0.2, 0.25) is 0 Å². The smallest absolute Gasteiger partial charge is 0.378 e. The number of alkyl halides is 3. The van der Waals surface area contributed by atoms with E-state index in [2.05, 4.69) is 5.32 Å². The highest BCUT2D eigenvalue weighted by molar-refractivity contribution is 5.46. The normalized spacial score (nSPS) is 11.5. The van der Waals surface area contributed by atoms with Gasteiger partial charge in [-0.15, -0.1) is 0 Å². The monoisotopic (exact) mass is 305 g/mol. The summed E-state index contributed by atoms with van der Waals surface area (Å²) in [7, 11) is 0. The molecule has 0 saturated heterocycles. The summed E-state index contributed by atoms with van der Waals surface area (Å²) in [6.07, 6.45) is -4.57. The molecule has 112 valence electrons. The van der Waals surface area contributed by atoms with Crippen LogP contribution in [-0.4, -0.2) is 0 Å². The fourth-order valence-corrected chi connectivity index (χ4v) is 1.83. The molecule has 0 atom stereocenters. The number of nitrogens with one attached hydrogen (secondary N) is 1. The third-order valence-electron chi connectivity index (χ3n) is 2.79. The molecule has 2 rings (SSSR count). The highest BCUT2D eigenvalue weighted by Gasteiger charge is 2.32. The molecular weight excluding hydrogens is 296 g/mol. The molecule has 2 aromatic rings. The van der Waals surface area contributed by atoms with Crippen molar-refractivity contribution in [3.05, 3.63) is 65.0 Å². The molecule has 0 heterocycles. The second-order valence-electron chi connectivity index (χ2n) is 4.26. The van der Waals surface area contributed by atoms with Crippen molar-refractivity contribution in [3.8, 4) is 0 Å². The van der Waals surface area contributed by atoms with Crippen LogP contribution in [0.4, 0.5) is 32.0 Å². The SMILES string of the molecule is Fc1cc(F)c(F)c(NCc2ccccc2C(F)(F)F)c1. The lowest BCUT2D eigenvalue weighted by Gasteiger charge is -2.14. The van der Waals surface area contributed by atoms with Gasteiger partial charge in [0.1, 0.15) is 5.82 Å². The van der Waals surface area contributed by atoms with Crippen LogP contribution in [0.15, 0.2) is 36.4 Å². The van der Waals surface area contributed by atoms with E-state index in [0.29, 0.717) is 12.1 Å². The van der Waals surface area contributed by atoms with Crippen LogP contribution in [0, 0.1) is 17.5 Å².